The highest BCUT2D eigenvalue weighted by Crippen LogP contribution is 2.32. The summed E-state index contributed by atoms with van der Waals surface area (Å²) in [5, 5.41) is 0. The first-order chi connectivity index (χ1) is 15.3. The van der Waals surface area contributed by atoms with Gasteiger partial charge in [0.1, 0.15) is 6.61 Å². The van der Waals surface area contributed by atoms with Crippen LogP contribution in [0.4, 0.5) is 5.69 Å². The number of hydrogen-bond donors (Lipinski definition) is 1. The van der Waals surface area contributed by atoms with E-state index in [4.69, 9.17) is 9.47 Å². The maximum Gasteiger partial charge on any atom is 0.272 e. The number of anilines is 1. The number of rotatable bonds is 5. The van der Waals surface area contributed by atoms with E-state index in [0.717, 1.165) is 22.5 Å². The van der Waals surface area contributed by atoms with Gasteiger partial charge in [-0.3, -0.25) is 4.79 Å². The fourth-order valence-electron chi connectivity index (χ4n) is 3.64. The molecular formula is C25H21N3O3. The van der Waals surface area contributed by atoms with Gasteiger partial charge in [0.05, 0.1) is 18.6 Å². The zero-order valence-electron chi connectivity index (χ0n) is 16.8. The number of nitrogens with zero attached hydrogens (tertiary/aromatic N) is 2. The second-order valence-corrected chi connectivity index (χ2v) is 7.28. The predicted molar refractivity (Wildman–Crippen MR) is 118 cm³/mol. The van der Waals surface area contributed by atoms with Crippen LogP contribution >= 0.6 is 0 Å². The number of benzene rings is 3. The Labute approximate surface area is 180 Å². The van der Waals surface area contributed by atoms with Crippen LogP contribution in [0.2, 0.25) is 0 Å². The standard InChI is InChI=1S/C25H21N3O3/c29-25(24-16-30-22-11-4-5-12-23(22)31-24)28(15-20-14-26-17-27-20)21-10-6-9-19(13-21)18-7-2-1-3-8-18/h1-14,17,24H,15-16H2,(H,26,27). The van der Waals surface area contributed by atoms with Gasteiger partial charge in [0.15, 0.2) is 11.5 Å². The Morgan fingerprint density at radius 3 is 2.55 bits per heavy atom. The molecule has 1 aliphatic rings. The van der Waals surface area contributed by atoms with E-state index in [1.165, 1.54) is 0 Å². The first kappa shape index (κ1) is 18.9. The van der Waals surface area contributed by atoms with E-state index in [2.05, 4.69) is 22.1 Å². The quantitative estimate of drug-likeness (QED) is 0.527. The summed E-state index contributed by atoms with van der Waals surface area (Å²) in [6.45, 7) is 0.506. The lowest BCUT2D eigenvalue weighted by Gasteiger charge is -2.30. The molecule has 1 N–H and O–H groups in total. The lowest BCUT2D eigenvalue weighted by atomic mass is 10.0. The summed E-state index contributed by atoms with van der Waals surface area (Å²) in [5.41, 5.74) is 3.73. The molecule has 6 nitrogen and oxygen atoms in total. The van der Waals surface area contributed by atoms with Crippen molar-refractivity contribution in [2.45, 2.75) is 12.6 Å². The highest BCUT2D eigenvalue weighted by atomic mass is 16.6. The minimum absolute atomic E-state index is 0.160. The van der Waals surface area contributed by atoms with E-state index in [1.54, 1.807) is 17.4 Å². The Hall–Kier alpha value is -4.06. The Kier molecular flexibility index (Phi) is 5.10. The van der Waals surface area contributed by atoms with Gasteiger partial charge in [-0.05, 0) is 35.4 Å². The van der Waals surface area contributed by atoms with E-state index < -0.39 is 6.10 Å². The second-order valence-electron chi connectivity index (χ2n) is 7.28. The zero-order chi connectivity index (χ0) is 21.0. The molecule has 3 aromatic carbocycles. The monoisotopic (exact) mass is 411 g/mol. The van der Waals surface area contributed by atoms with E-state index in [-0.39, 0.29) is 12.5 Å². The van der Waals surface area contributed by atoms with Gasteiger partial charge in [0.25, 0.3) is 5.91 Å². The van der Waals surface area contributed by atoms with Crippen molar-refractivity contribution in [1.29, 1.82) is 0 Å². The SMILES string of the molecule is O=C(C1COc2ccccc2O1)N(Cc1cnc[nH]1)c1cccc(-c2ccccc2)c1. The lowest BCUT2D eigenvalue weighted by Crippen LogP contribution is -2.46. The van der Waals surface area contributed by atoms with Gasteiger partial charge >= 0.3 is 0 Å². The fraction of sp³-hybridized carbons (Fsp3) is 0.120. The molecule has 0 bridgehead atoms. The van der Waals surface area contributed by atoms with E-state index in [9.17, 15) is 4.79 Å². The maximum absolute atomic E-state index is 13.6. The van der Waals surface area contributed by atoms with Crippen LogP contribution < -0.4 is 14.4 Å². The molecule has 1 aliphatic heterocycles. The number of carbonyl (C=O) groups excluding carboxylic acids is 1. The van der Waals surface area contributed by atoms with Gasteiger partial charge in [0.2, 0.25) is 6.10 Å². The molecule has 0 saturated carbocycles. The van der Waals surface area contributed by atoms with Gasteiger partial charge in [-0.15, -0.1) is 0 Å². The molecule has 154 valence electrons. The average Bonchev–Trinajstić information content (AvgIpc) is 3.36. The Morgan fingerprint density at radius 1 is 0.968 bits per heavy atom. The van der Waals surface area contributed by atoms with Gasteiger partial charge in [0, 0.05) is 11.9 Å². The number of para-hydroxylation sites is 2. The number of ether oxygens (including phenoxy) is 2. The molecule has 31 heavy (non-hydrogen) atoms. The summed E-state index contributed by atoms with van der Waals surface area (Å²) < 4.78 is 11.8. The molecule has 0 saturated heterocycles. The zero-order valence-corrected chi connectivity index (χ0v) is 16.8. The first-order valence-corrected chi connectivity index (χ1v) is 10.1. The smallest absolute Gasteiger partial charge is 0.272 e. The van der Waals surface area contributed by atoms with Gasteiger partial charge < -0.3 is 19.4 Å². The summed E-state index contributed by atoms with van der Waals surface area (Å²) in [6.07, 6.45) is 2.59. The largest absolute Gasteiger partial charge is 0.485 e. The Bertz CT molecular complexity index is 1180. The number of imidazole rings is 1. The van der Waals surface area contributed by atoms with Crippen LogP contribution in [-0.4, -0.2) is 28.6 Å². The molecule has 4 aromatic rings. The second kappa shape index (κ2) is 8.36. The van der Waals surface area contributed by atoms with Gasteiger partial charge in [-0.1, -0.05) is 54.6 Å². The van der Waals surface area contributed by atoms with Crippen molar-refractivity contribution in [3.8, 4) is 22.6 Å². The third kappa shape index (κ3) is 4.00. The third-order valence-corrected chi connectivity index (χ3v) is 5.20. The van der Waals surface area contributed by atoms with Crippen LogP contribution in [-0.2, 0) is 11.3 Å². The van der Waals surface area contributed by atoms with Crippen LogP contribution in [0, 0.1) is 0 Å². The minimum Gasteiger partial charge on any atom is -0.485 e. The van der Waals surface area contributed by atoms with Crippen LogP contribution in [0.3, 0.4) is 0 Å². The predicted octanol–water partition coefficient (Wildman–Crippen LogP) is 4.45. The molecule has 0 spiro atoms. The van der Waals surface area contributed by atoms with Crippen LogP contribution in [0.1, 0.15) is 5.69 Å². The van der Waals surface area contributed by atoms with Crippen LogP contribution in [0.15, 0.2) is 91.4 Å². The van der Waals surface area contributed by atoms with E-state index in [1.807, 2.05) is 66.7 Å². The molecule has 2 heterocycles. The maximum atomic E-state index is 13.6. The Morgan fingerprint density at radius 2 is 1.74 bits per heavy atom. The molecule has 0 radical (unpaired) electrons. The summed E-state index contributed by atoms with van der Waals surface area (Å²) in [5.74, 6) is 1.05. The fourth-order valence-corrected chi connectivity index (χ4v) is 3.64. The summed E-state index contributed by atoms with van der Waals surface area (Å²) in [7, 11) is 0. The average molecular weight is 411 g/mol. The van der Waals surface area contributed by atoms with Crippen LogP contribution in [0.25, 0.3) is 11.1 Å². The summed E-state index contributed by atoms with van der Waals surface area (Å²) >= 11 is 0. The van der Waals surface area contributed by atoms with Crippen molar-refractivity contribution < 1.29 is 14.3 Å². The summed E-state index contributed by atoms with van der Waals surface area (Å²) in [4.78, 5) is 22.4. The number of nitrogens with one attached hydrogen (secondary N) is 1. The van der Waals surface area contributed by atoms with Crippen molar-refractivity contribution in [3.63, 3.8) is 0 Å². The van der Waals surface area contributed by atoms with Crippen molar-refractivity contribution in [3.05, 3.63) is 97.1 Å². The Balaban J connectivity index is 1.47. The highest BCUT2D eigenvalue weighted by Gasteiger charge is 2.32. The van der Waals surface area contributed by atoms with Crippen molar-refractivity contribution in [2.24, 2.45) is 0 Å². The third-order valence-electron chi connectivity index (χ3n) is 5.20. The molecule has 1 unspecified atom stereocenters. The van der Waals surface area contributed by atoms with Crippen molar-refractivity contribution in [1.82, 2.24) is 9.97 Å². The van der Waals surface area contributed by atoms with Gasteiger partial charge in [-0.25, -0.2) is 4.98 Å². The molecule has 1 aromatic heterocycles. The van der Waals surface area contributed by atoms with E-state index >= 15 is 0 Å². The van der Waals surface area contributed by atoms with Crippen LogP contribution in [0.5, 0.6) is 11.5 Å². The van der Waals surface area contributed by atoms with Crippen molar-refractivity contribution >= 4 is 11.6 Å². The number of fused-ring (bicyclic) bond motifs is 1. The molecular weight excluding hydrogens is 390 g/mol. The van der Waals surface area contributed by atoms with Crippen molar-refractivity contribution in [2.75, 3.05) is 11.5 Å². The number of H-pyrrole nitrogens is 1. The normalized spacial score (nSPS) is 14.8. The topological polar surface area (TPSA) is 67.5 Å². The summed E-state index contributed by atoms with van der Waals surface area (Å²) in [6, 6.07) is 25.4. The van der Waals surface area contributed by atoms with Gasteiger partial charge in [-0.2, -0.15) is 0 Å². The number of aromatic amines is 1. The minimum atomic E-state index is -0.738. The molecule has 0 aliphatic carbocycles. The number of hydrogen-bond acceptors (Lipinski definition) is 4. The molecule has 0 fully saturated rings. The first-order valence-electron chi connectivity index (χ1n) is 10.1. The highest BCUT2D eigenvalue weighted by molar-refractivity contribution is 5.97. The number of amides is 1. The molecule has 1 amide bonds. The molecule has 1 atom stereocenters. The molecule has 5 rings (SSSR count). The number of carbonyl (C=O) groups is 1. The molecule has 6 heteroatoms. The van der Waals surface area contributed by atoms with E-state index in [0.29, 0.717) is 18.0 Å². The lowest BCUT2D eigenvalue weighted by molar-refractivity contribution is -0.127. The number of aromatic nitrogens is 2.